The Balaban J connectivity index is 2.16. The first-order chi connectivity index (χ1) is 16.6. The predicted octanol–water partition coefficient (Wildman–Crippen LogP) is 8.79. The van der Waals surface area contributed by atoms with Gasteiger partial charge in [-0.15, -0.1) is 11.3 Å². The van der Waals surface area contributed by atoms with Crippen LogP contribution in [0.4, 0.5) is 0 Å². The summed E-state index contributed by atoms with van der Waals surface area (Å²) >= 11 is 5.52. The zero-order valence-corrected chi connectivity index (χ0v) is 24.4. The summed E-state index contributed by atoms with van der Waals surface area (Å²) in [6.07, 6.45) is 8.05. The number of thiophene rings is 1. The molecule has 0 fully saturated rings. The molecule has 0 bridgehead atoms. The minimum absolute atomic E-state index is 0.153. The van der Waals surface area contributed by atoms with Gasteiger partial charge in [-0.25, -0.2) is 0 Å². The summed E-state index contributed by atoms with van der Waals surface area (Å²) < 4.78 is 2.59. The van der Waals surface area contributed by atoms with Crippen molar-refractivity contribution >= 4 is 52.5 Å². The standard InChI is InChI=1S/C31H35BS3/c1-10-12-26(9)33-28-14-15-29(35-28)34-27(13-11-2)32(30-22(5)16-20(3)17-23(30)6)31-24(7)18-21(4)19-25(31)8/h10-19H,1-2H2,3-9H3/b26-12-,27-13-. The molecule has 0 aliphatic carbocycles. The Labute approximate surface area is 225 Å². The van der Waals surface area contributed by atoms with Crippen LogP contribution in [0.5, 0.6) is 0 Å². The van der Waals surface area contributed by atoms with Crippen LogP contribution < -0.4 is 10.9 Å². The van der Waals surface area contributed by atoms with Gasteiger partial charge in [0.15, 0.2) is 0 Å². The molecular weight excluding hydrogens is 479 g/mol. The van der Waals surface area contributed by atoms with Gasteiger partial charge in [0.1, 0.15) is 0 Å². The molecule has 35 heavy (non-hydrogen) atoms. The molecule has 1 heterocycles. The third kappa shape index (κ3) is 6.75. The Kier molecular flexibility index (Phi) is 9.58. The van der Waals surface area contributed by atoms with Crippen molar-refractivity contribution in [2.75, 3.05) is 0 Å². The van der Waals surface area contributed by atoms with E-state index < -0.39 is 0 Å². The van der Waals surface area contributed by atoms with Gasteiger partial charge in [0.25, 0.3) is 6.71 Å². The SMILES string of the molecule is C=C/C=C(/C)Sc1ccc(S/C(=C\C=C)B(c2c(C)cc(C)cc2C)c2c(C)cc(C)cc2C)s1. The average molecular weight is 515 g/mol. The van der Waals surface area contributed by atoms with E-state index in [0.717, 1.165) is 0 Å². The van der Waals surface area contributed by atoms with Crippen LogP contribution in [0, 0.1) is 41.5 Å². The molecule has 0 unspecified atom stereocenters. The summed E-state index contributed by atoms with van der Waals surface area (Å²) in [7, 11) is 0. The number of hydrogen-bond donors (Lipinski definition) is 0. The largest absolute Gasteiger partial charge is 0.250 e. The fourth-order valence-corrected chi connectivity index (χ4v) is 8.60. The third-order valence-electron chi connectivity index (χ3n) is 6.01. The molecule has 0 amide bonds. The van der Waals surface area contributed by atoms with Crippen LogP contribution in [-0.4, -0.2) is 6.71 Å². The van der Waals surface area contributed by atoms with E-state index in [4.69, 9.17) is 0 Å². The van der Waals surface area contributed by atoms with Crippen LogP contribution in [0.15, 0.2) is 92.0 Å². The highest BCUT2D eigenvalue weighted by molar-refractivity contribution is 8.08. The van der Waals surface area contributed by atoms with Crippen LogP contribution in [-0.2, 0) is 0 Å². The first kappa shape index (κ1) is 27.5. The zero-order valence-electron chi connectivity index (χ0n) is 22.0. The third-order valence-corrected chi connectivity index (χ3v) is 9.42. The van der Waals surface area contributed by atoms with Crippen molar-refractivity contribution in [3.8, 4) is 0 Å². The molecule has 0 radical (unpaired) electrons. The Bertz CT molecular complexity index is 1200. The first-order valence-corrected chi connectivity index (χ1v) is 14.3. The first-order valence-electron chi connectivity index (χ1n) is 11.9. The van der Waals surface area contributed by atoms with E-state index in [0.29, 0.717) is 0 Å². The van der Waals surface area contributed by atoms with Gasteiger partial charge in [0.05, 0.1) is 8.42 Å². The molecule has 0 N–H and O–H groups in total. The fraction of sp³-hybridized carbons (Fsp3) is 0.226. The van der Waals surface area contributed by atoms with Crippen molar-refractivity contribution < 1.29 is 0 Å². The van der Waals surface area contributed by atoms with Crippen molar-refractivity contribution in [2.45, 2.75) is 56.9 Å². The maximum atomic E-state index is 4.09. The van der Waals surface area contributed by atoms with Gasteiger partial charge in [0, 0.05) is 0 Å². The summed E-state index contributed by atoms with van der Waals surface area (Å²) in [5.41, 5.74) is 10.8. The number of allylic oxidation sites excluding steroid dienone is 5. The van der Waals surface area contributed by atoms with Gasteiger partial charge in [-0.3, -0.25) is 0 Å². The lowest BCUT2D eigenvalue weighted by Gasteiger charge is -2.25. The van der Waals surface area contributed by atoms with Gasteiger partial charge < -0.3 is 0 Å². The summed E-state index contributed by atoms with van der Waals surface area (Å²) in [6, 6.07) is 13.7. The van der Waals surface area contributed by atoms with Crippen molar-refractivity contribution in [1.29, 1.82) is 0 Å². The molecule has 0 atom stereocenters. The molecule has 1 aromatic heterocycles. The lowest BCUT2D eigenvalue weighted by atomic mass is 9.37. The van der Waals surface area contributed by atoms with E-state index >= 15 is 0 Å². The van der Waals surface area contributed by atoms with E-state index in [2.05, 4.69) is 110 Å². The van der Waals surface area contributed by atoms with E-state index in [-0.39, 0.29) is 6.71 Å². The van der Waals surface area contributed by atoms with Crippen molar-refractivity contribution in [1.82, 2.24) is 0 Å². The van der Waals surface area contributed by atoms with Crippen molar-refractivity contribution in [3.05, 3.63) is 117 Å². The maximum absolute atomic E-state index is 4.09. The van der Waals surface area contributed by atoms with E-state index in [1.807, 2.05) is 35.3 Å². The van der Waals surface area contributed by atoms with Gasteiger partial charge in [-0.05, 0) is 70.3 Å². The highest BCUT2D eigenvalue weighted by Crippen LogP contribution is 2.40. The molecule has 0 saturated carbocycles. The van der Waals surface area contributed by atoms with Crippen LogP contribution in [0.1, 0.15) is 40.3 Å². The lowest BCUT2D eigenvalue weighted by molar-refractivity contribution is 1.34. The molecule has 2 aromatic carbocycles. The second-order valence-corrected chi connectivity index (χ2v) is 13.2. The molecule has 3 rings (SSSR count). The van der Waals surface area contributed by atoms with Gasteiger partial charge in [-0.2, -0.15) is 0 Å². The predicted molar refractivity (Wildman–Crippen MR) is 165 cm³/mol. The normalized spacial score (nSPS) is 12.1. The van der Waals surface area contributed by atoms with E-state index in [1.165, 1.54) is 62.4 Å². The van der Waals surface area contributed by atoms with E-state index in [9.17, 15) is 0 Å². The number of aryl methyl sites for hydroxylation is 6. The minimum atomic E-state index is 0.153. The smallest absolute Gasteiger partial charge is 0.122 e. The second kappa shape index (κ2) is 12.2. The van der Waals surface area contributed by atoms with Gasteiger partial charge in [-0.1, -0.05) is 130 Å². The number of rotatable bonds is 9. The summed E-state index contributed by atoms with van der Waals surface area (Å²) in [4.78, 5) is 2.55. The molecule has 0 aliphatic heterocycles. The minimum Gasteiger partial charge on any atom is -0.122 e. The maximum Gasteiger partial charge on any atom is 0.250 e. The zero-order chi connectivity index (χ0) is 25.7. The van der Waals surface area contributed by atoms with Gasteiger partial charge >= 0.3 is 0 Å². The number of benzene rings is 2. The molecule has 0 saturated heterocycles. The van der Waals surface area contributed by atoms with Crippen molar-refractivity contribution in [2.24, 2.45) is 0 Å². The van der Waals surface area contributed by atoms with Crippen LogP contribution >= 0.6 is 34.9 Å². The molecule has 0 nitrogen and oxygen atoms in total. The molecule has 180 valence electrons. The van der Waals surface area contributed by atoms with Crippen LogP contribution in [0.3, 0.4) is 0 Å². The number of hydrogen-bond acceptors (Lipinski definition) is 3. The fourth-order valence-electron chi connectivity index (χ4n) is 4.92. The Hall–Kier alpha value is -2.14. The summed E-state index contributed by atoms with van der Waals surface area (Å²) in [6.45, 7) is 23.6. The quantitative estimate of drug-likeness (QED) is 0.159. The number of thioether (sulfide) groups is 2. The highest BCUT2D eigenvalue weighted by atomic mass is 32.2. The van der Waals surface area contributed by atoms with E-state index in [1.54, 1.807) is 11.8 Å². The van der Waals surface area contributed by atoms with Crippen LogP contribution in [0.25, 0.3) is 0 Å². The monoisotopic (exact) mass is 514 g/mol. The Morgan fingerprint density at radius 1 is 0.714 bits per heavy atom. The molecular formula is C31H35BS3. The lowest BCUT2D eigenvalue weighted by Crippen LogP contribution is -2.48. The Morgan fingerprint density at radius 2 is 1.14 bits per heavy atom. The Morgan fingerprint density at radius 3 is 1.57 bits per heavy atom. The molecule has 4 heteroatoms. The van der Waals surface area contributed by atoms with Crippen molar-refractivity contribution in [3.63, 3.8) is 0 Å². The molecule has 3 aromatic rings. The second-order valence-electron chi connectivity index (χ2n) is 9.15. The highest BCUT2D eigenvalue weighted by Gasteiger charge is 2.30. The van der Waals surface area contributed by atoms with Crippen LogP contribution in [0.2, 0.25) is 0 Å². The summed E-state index contributed by atoms with van der Waals surface area (Å²) in [5, 5.41) is 0. The molecule has 0 aliphatic rings. The average Bonchev–Trinajstić information content (AvgIpc) is 3.17. The molecule has 0 spiro atoms. The topological polar surface area (TPSA) is 0 Å². The summed E-state index contributed by atoms with van der Waals surface area (Å²) in [5.74, 6) is 0. The van der Waals surface area contributed by atoms with Gasteiger partial charge in [0.2, 0.25) is 0 Å².